The zero-order valence-corrected chi connectivity index (χ0v) is 19.0. The van der Waals surface area contributed by atoms with Crippen molar-refractivity contribution in [3.8, 4) is 0 Å². The van der Waals surface area contributed by atoms with E-state index in [0.29, 0.717) is 18.8 Å². The molecule has 1 amide bonds. The van der Waals surface area contributed by atoms with Crippen LogP contribution in [0.3, 0.4) is 0 Å². The number of amides is 1. The standard InChI is InChI=1S/C22H31F3N2O4S/c1-32(29,30)26-19-8-5-13-27(21(28)14-22(23,24)25)20(19)15-31-18-11-9-17(10-12-18)16-6-3-2-4-7-16/h2-4,6-7,17-20,26H,5,8-15H2,1H3/t17?,18?,19-,20-/m0/s1. The fourth-order valence-corrected chi connectivity index (χ4v) is 5.61. The Labute approximate surface area is 187 Å². The van der Waals surface area contributed by atoms with Crippen LogP contribution in [-0.4, -0.2) is 63.0 Å². The Morgan fingerprint density at radius 2 is 1.78 bits per heavy atom. The molecule has 1 aliphatic carbocycles. The number of hydrogen-bond donors (Lipinski definition) is 1. The van der Waals surface area contributed by atoms with Crippen LogP contribution >= 0.6 is 0 Å². The summed E-state index contributed by atoms with van der Waals surface area (Å²) in [6.07, 6.45) is -0.843. The molecule has 6 nitrogen and oxygen atoms in total. The number of hydrogen-bond acceptors (Lipinski definition) is 4. The van der Waals surface area contributed by atoms with E-state index in [0.717, 1.165) is 36.8 Å². The molecule has 2 aliphatic rings. The molecule has 180 valence electrons. The monoisotopic (exact) mass is 476 g/mol. The molecule has 0 spiro atoms. The highest BCUT2D eigenvalue weighted by Gasteiger charge is 2.40. The minimum Gasteiger partial charge on any atom is -0.376 e. The maximum Gasteiger partial charge on any atom is 0.397 e. The number of likely N-dealkylation sites (tertiary alicyclic amines) is 1. The lowest BCUT2D eigenvalue weighted by Gasteiger charge is -2.42. The van der Waals surface area contributed by atoms with E-state index in [-0.39, 0.29) is 19.3 Å². The molecule has 1 N–H and O–H groups in total. The van der Waals surface area contributed by atoms with Crippen molar-refractivity contribution in [2.24, 2.45) is 0 Å². The SMILES string of the molecule is CS(=O)(=O)N[C@H]1CCCN(C(=O)CC(F)(F)F)[C@H]1COC1CCC(c2ccccc2)CC1. The first-order valence-corrected chi connectivity index (χ1v) is 12.9. The number of rotatable bonds is 7. The molecular formula is C22H31F3N2O4S. The number of carbonyl (C=O) groups is 1. The highest BCUT2D eigenvalue weighted by Crippen LogP contribution is 2.34. The lowest BCUT2D eigenvalue weighted by molar-refractivity contribution is -0.166. The van der Waals surface area contributed by atoms with Gasteiger partial charge in [-0.05, 0) is 50.0 Å². The molecule has 2 fully saturated rings. The Kier molecular flexibility index (Phi) is 8.21. The lowest BCUT2D eigenvalue weighted by atomic mass is 9.83. The Morgan fingerprint density at radius 3 is 2.38 bits per heavy atom. The van der Waals surface area contributed by atoms with Gasteiger partial charge < -0.3 is 9.64 Å². The summed E-state index contributed by atoms with van der Waals surface area (Å²) < 4.78 is 70.6. The van der Waals surface area contributed by atoms with E-state index in [1.54, 1.807) is 0 Å². The third kappa shape index (κ3) is 7.45. The van der Waals surface area contributed by atoms with Crippen molar-refractivity contribution < 1.29 is 31.1 Å². The summed E-state index contributed by atoms with van der Waals surface area (Å²) in [6, 6.07) is 8.80. The first-order chi connectivity index (χ1) is 15.0. The summed E-state index contributed by atoms with van der Waals surface area (Å²) in [5.74, 6) is -0.589. The molecule has 0 bridgehead atoms. The van der Waals surface area contributed by atoms with Gasteiger partial charge in [-0.15, -0.1) is 0 Å². The minimum absolute atomic E-state index is 0.0114. The summed E-state index contributed by atoms with van der Waals surface area (Å²) in [7, 11) is -3.59. The van der Waals surface area contributed by atoms with Gasteiger partial charge in [0.15, 0.2) is 0 Å². The predicted octanol–water partition coefficient (Wildman–Crippen LogP) is 3.59. The third-order valence-corrected chi connectivity index (χ3v) is 7.00. The van der Waals surface area contributed by atoms with Crippen LogP contribution in [0.2, 0.25) is 0 Å². The number of halogens is 3. The number of carbonyl (C=O) groups excluding carboxylic acids is 1. The summed E-state index contributed by atoms with van der Waals surface area (Å²) in [5, 5.41) is 0. The van der Waals surface area contributed by atoms with Gasteiger partial charge in [0.25, 0.3) is 0 Å². The van der Waals surface area contributed by atoms with Crippen molar-refractivity contribution >= 4 is 15.9 Å². The number of benzene rings is 1. The fraction of sp³-hybridized carbons (Fsp3) is 0.682. The number of nitrogens with zero attached hydrogens (tertiary/aromatic N) is 1. The van der Waals surface area contributed by atoms with Gasteiger partial charge in [-0.3, -0.25) is 4.79 Å². The van der Waals surface area contributed by atoms with Gasteiger partial charge >= 0.3 is 6.18 Å². The van der Waals surface area contributed by atoms with Crippen LogP contribution in [0.5, 0.6) is 0 Å². The Morgan fingerprint density at radius 1 is 1.12 bits per heavy atom. The normalized spacial score (nSPS) is 27.3. The summed E-state index contributed by atoms with van der Waals surface area (Å²) in [5.41, 5.74) is 1.29. The summed E-state index contributed by atoms with van der Waals surface area (Å²) in [4.78, 5) is 13.5. The molecule has 0 radical (unpaired) electrons. The van der Waals surface area contributed by atoms with E-state index in [9.17, 15) is 26.4 Å². The molecule has 1 aromatic rings. The number of nitrogens with one attached hydrogen (secondary N) is 1. The molecule has 1 saturated carbocycles. The predicted molar refractivity (Wildman–Crippen MR) is 115 cm³/mol. The van der Waals surface area contributed by atoms with Gasteiger partial charge in [0.05, 0.1) is 25.0 Å². The van der Waals surface area contributed by atoms with Crippen LogP contribution in [-0.2, 0) is 19.6 Å². The first kappa shape index (κ1) is 25.0. The molecule has 1 heterocycles. The van der Waals surface area contributed by atoms with E-state index in [1.165, 1.54) is 5.56 Å². The molecule has 2 atom stereocenters. The smallest absolute Gasteiger partial charge is 0.376 e. The molecule has 10 heteroatoms. The Balaban J connectivity index is 1.63. The second-order valence-corrected chi connectivity index (χ2v) is 10.6. The largest absolute Gasteiger partial charge is 0.397 e. The fourth-order valence-electron chi connectivity index (χ4n) is 4.78. The van der Waals surface area contributed by atoms with Crippen LogP contribution < -0.4 is 4.72 Å². The molecule has 0 unspecified atom stereocenters. The van der Waals surface area contributed by atoms with Crippen molar-refractivity contribution in [2.45, 2.75) is 75.2 Å². The minimum atomic E-state index is -4.62. The molecule has 0 aromatic heterocycles. The lowest BCUT2D eigenvalue weighted by Crippen LogP contribution is -2.59. The highest BCUT2D eigenvalue weighted by atomic mass is 32.2. The number of sulfonamides is 1. The van der Waals surface area contributed by atoms with Gasteiger partial charge in [-0.2, -0.15) is 13.2 Å². The molecule has 1 saturated heterocycles. The van der Waals surface area contributed by atoms with Crippen LogP contribution in [0, 0.1) is 0 Å². The second kappa shape index (κ2) is 10.5. The number of ether oxygens (including phenoxy) is 1. The average Bonchev–Trinajstić information content (AvgIpc) is 2.71. The van der Waals surface area contributed by atoms with Gasteiger partial charge in [-0.1, -0.05) is 30.3 Å². The zero-order valence-electron chi connectivity index (χ0n) is 18.2. The average molecular weight is 477 g/mol. The quantitative estimate of drug-likeness (QED) is 0.653. The van der Waals surface area contributed by atoms with Crippen molar-refractivity contribution in [3.63, 3.8) is 0 Å². The second-order valence-electron chi connectivity index (χ2n) is 8.80. The van der Waals surface area contributed by atoms with Crippen LogP contribution in [0.4, 0.5) is 13.2 Å². The van der Waals surface area contributed by atoms with Crippen molar-refractivity contribution in [3.05, 3.63) is 35.9 Å². The number of piperidine rings is 1. The highest BCUT2D eigenvalue weighted by molar-refractivity contribution is 7.88. The molecule has 1 aliphatic heterocycles. The topological polar surface area (TPSA) is 75.7 Å². The maximum atomic E-state index is 12.8. The van der Waals surface area contributed by atoms with Gasteiger partial charge in [0.1, 0.15) is 6.42 Å². The summed E-state index contributed by atoms with van der Waals surface area (Å²) in [6.45, 7) is 0.170. The summed E-state index contributed by atoms with van der Waals surface area (Å²) >= 11 is 0. The Hall–Kier alpha value is -1.65. The van der Waals surface area contributed by atoms with Crippen LogP contribution in [0.1, 0.15) is 56.4 Å². The van der Waals surface area contributed by atoms with Gasteiger partial charge in [0.2, 0.25) is 15.9 Å². The van der Waals surface area contributed by atoms with Crippen molar-refractivity contribution in [1.29, 1.82) is 0 Å². The van der Waals surface area contributed by atoms with Gasteiger partial charge in [-0.25, -0.2) is 13.1 Å². The molecule has 1 aromatic carbocycles. The van der Waals surface area contributed by atoms with E-state index >= 15 is 0 Å². The zero-order chi connectivity index (χ0) is 23.4. The first-order valence-electron chi connectivity index (χ1n) is 11.0. The van der Waals surface area contributed by atoms with E-state index < -0.39 is 40.6 Å². The van der Waals surface area contributed by atoms with E-state index in [4.69, 9.17) is 4.74 Å². The maximum absolute atomic E-state index is 12.8. The molecule has 32 heavy (non-hydrogen) atoms. The van der Waals surface area contributed by atoms with Crippen LogP contribution in [0.15, 0.2) is 30.3 Å². The Bertz CT molecular complexity index is 856. The third-order valence-electron chi connectivity index (χ3n) is 6.26. The number of alkyl halides is 3. The molecule has 3 rings (SSSR count). The van der Waals surface area contributed by atoms with Crippen molar-refractivity contribution in [2.75, 3.05) is 19.4 Å². The van der Waals surface area contributed by atoms with Gasteiger partial charge in [0, 0.05) is 12.6 Å². The van der Waals surface area contributed by atoms with Crippen LogP contribution in [0.25, 0.3) is 0 Å². The van der Waals surface area contributed by atoms with E-state index in [1.807, 2.05) is 18.2 Å². The van der Waals surface area contributed by atoms with E-state index in [2.05, 4.69) is 16.9 Å². The van der Waals surface area contributed by atoms with Crippen molar-refractivity contribution in [1.82, 2.24) is 9.62 Å². The molecular weight excluding hydrogens is 445 g/mol.